The quantitative estimate of drug-likeness (QED) is 0.406. The zero-order chi connectivity index (χ0) is 15.5. The first-order chi connectivity index (χ1) is 10.2. The van der Waals surface area contributed by atoms with Crippen LogP contribution >= 0.6 is 17.5 Å². The summed E-state index contributed by atoms with van der Waals surface area (Å²) < 4.78 is 25.8. The van der Waals surface area contributed by atoms with Gasteiger partial charge in [-0.15, -0.1) is 0 Å². The third-order valence-electron chi connectivity index (χ3n) is 3.61. The minimum Gasteiger partial charge on any atom is -0.363 e. The fourth-order valence-electron chi connectivity index (χ4n) is 2.33. The Morgan fingerprint density at radius 1 is 1.24 bits per heavy atom. The summed E-state index contributed by atoms with van der Waals surface area (Å²) >= 11 is 0. The second kappa shape index (κ2) is 11.3. The van der Waals surface area contributed by atoms with Gasteiger partial charge in [-0.2, -0.15) is 0 Å². The number of nitrogens with zero attached hydrogens (tertiary/aromatic N) is 1. The highest BCUT2D eigenvalue weighted by Crippen LogP contribution is 2.30. The average Bonchev–Trinajstić information content (AvgIpc) is 2.81. The molecule has 0 N–H and O–H groups in total. The molecule has 2 atom stereocenters. The first-order valence-electron chi connectivity index (χ1n) is 7.36. The topological polar surface area (TPSA) is 61.6 Å². The molecule has 0 saturated heterocycles. The molecule has 1 aromatic rings. The molecule has 0 amide bonds. The zero-order valence-electron chi connectivity index (χ0n) is 13.1. The molecule has 0 aliphatic heterocycles. The van der Waals surface area contributed by atoms with E-state index in [1.54, 1.807) is 0 Å². The molecular formula is C14H25NO4P2. The van der Waals surface area contributed by atoms with Crippen LogP contribution in [0.25, 0.3) is 0 Å². The van der Waals surface area contributed by atoms with Crippen molar-refractivity contribution in [2.24, 2.45) is 0 Å². The zero-order valence-corrected chi connectivity index (χ0v) is 14.9. The van der Waals surface area contributed by atoms with Gasteiger partial charge in [0.25, 0.3) is 0 Å². The van der Waals surface area contributed by atoms with E-state index in [9.17, 15) is 4.57 Å². The van der Waals surface area contributed by atoms with Crippen molar-refractivity contribution in [1.29, 1.82) is 0 Å². The third-order valence-corrected chi connectivity index (χ3v) is 4.39. The van der Waals surface area contributed by atoms with Crippen molar-refractivity contribution in [3.63, 3.8) is 0 Å². The molecule has 0 fully saturated rings. The first kappa shape index (κ1) is 18.7. The van der Waals surface area contributed by atoms with Gasteiger partial charge in [0.2, 0.25) is 0 Å². The van der Waals surface area contributed by atoms with E-state index in [2.05, 4.69) is 12.1 Å². The number of hydrogen-bond acceptors (Lipinski definition) is 5. The van der Waals surface area contributed by atoms with E-state index in [4.69, 9.17) is 13.6 Å². The van der Waals surface area contributed by atoms with E-state index >= 15 is 0 Å². The maximum Gasteiger partial charge on any atom is 0.327 e. The lowest BCUT2D eigenvalue weighted by Crippen LogP contribution is -2.04. The molecule has 0 radical (unpaired) electrons. The Morgan fingerprint density at radius 3 is 2.62 bits per heavy atom. The summed E-state index contributed by atoms with van der Waals surface area (Å²) in [5.41, 5.74) is 2.24. The standard InChI is InChI=1S/C14H25NO4P2/c1-11-12(2)19-15-14(11)13(8-6-10-17-20-3)7-4-5-9-18-21-16/h13,20H,4-10H2,1-3H3. The van der Waals surface area contributed by atoms with Crippen molar-refractivity contribution in [3.8, 4) is 0 Å². The highest BCUT2D eigenvalue weighted by molar-refractivity contribution is 7.31. The van der Waals surface area contributed by atoms with E-state index in [0.717, 1.165) is 55.7 Å². The van der Waals surface area contributed by atoms with Crippen LogP contribution < -0.4 is 0 Å². The first-order valence-corrected chi connectivity index (χ1v) is 9.50. The second-order valence-corrected chi connectivity index (χ2v) is 6.15. The van der Waals surface area contributed by atoms with Crippen LogP contribution in [0.1, 0.15) is 55.0 Å². The molecule has 0 aromatic carbocycles. The normalized spacial score (nSPS) is 13.5. The summed E-state index contributed by atoms with van der Waals surface area (Å²) in [6.45, 7) is 7.40. The van der Waals surface area contributed by atoms with Crippen LogP contribution in [0.4, 0.5) is 0 Å². The molecule has 120 valence electrons. The molecule has 1 rings (SSSR count). The van der Waals surface area contributed by atoms with Gasteiger partial charge in [-0.25, -0.2) is 4.57 Å². The SMILES string of the molecule is CPOCCCC(CCCCOP=O)c1noc(C)c1C. The molecule has 0 spiro atoms. The summed E-state index contributed by atoms with van der Waals surface area (Å²) in [5.74, 6) is 1.30. The number of hydrogen-bond donors (Lipinski definition) is 0. The van der Waals surface area contributed by atoms with E-state index in [0.29, 0.717) is 21.3 Å². The third kappa shape index (κ3) is 6.97. The molecule has 7 heteroatoms. The number of unbranched alkanes of at least 4 members (excludes halogenated alkanes) is 1. The minimum atomic E-state index is -0.233. The van der Waals surface area contributed by atoms with Crippen LogP contribution in [0.3, 0.4) is 0 Å². The van der Waals surface area contributed by atoms with Gasteiger partial charge in [-0.05, 0) is 46.2 Å². The highest BCUT2D eigenvalue weighted by Gasteiger charge is 2.19. The Kier molecular flexibility index (Phi) is 10.0. The van der Waals surface area contributed by atoms with Gasteiger partial charge in [-0.3, -0.25) is 4.52 Å². The Balaban J connectivity index is 2.49. The number of rotatable bonds is 12. The van der Waals surface area contributed by atoms with Gasteiger partial charge < -0.3 is 9.05 Å². The Labute approximate surface area is 130 Å². The highest BCUT2D eigenvalue weighted by atomic mass is 31.1. The molecule has 0 bridgehead atoms. The van der Waals surface area contributed by atoms with Crippen LogP contribution in [0, 0.1) is 13.8 Å². The molecule has 0 aliphatic rings. The molecule has 2 unspecified atom stereocenters. The van der Waals surface area contributed by atoms with Crippen molar-refractivity contribution >= 4 is 17.5 Å². The van der Waals surface area contributed by atoms with Gasteiger partial charge in [0.1, 0.15) is 5.76 Å². The summed E-state index contributed by atoms with van der Waals surface area (Å²) in [7, 11) is 0.316. The maximum atomic E-state index is 10.2. The second-order valence-electron chi connectivity index (χ2n) is 5.04. The summed E-state index contributed by atoms with van der Waals surface area (Å²) in [6.07, 6.45) is 5.07. The van der Waals surface area contributed by atoms with Gasteiger partial charge in [0.15, 0.2) is 0 Å². The smallest absolute Gasteiger partial charge is 0.327 e. The lowest BCUT2D eigenvalue weighted by molar-refractivity contribution is 0.314. The van der Waals surface area contributed by atoms with E-state index < -0.39 is 0 Å². The van der Waals surface area contributed by atoms with Gasteiger partial charge >= 0.3 is 8.69 Å². The Hall–Kier alpha value is -0.340. The Morgan fingerprint density at radius 2 is 2.00 bits per heavy atom. The minimum absolute atomic E-state index is 0.233. The van der Waals surface area contributed by atoms with E-state index in [1.165, 1.54) is 0 Å². The van der Waals surface area contributed by atoms with E-state index in [1.807, 2.05) is 13.6 Å². The molecule has 0 aliphatic carbocycles. The summed E-state index contributed by atoms with van der Waals surface area (Å²) in [5, 5.41) is 4.23. The van der Waals surface area contributed by atoms with Crippen LogP contribution in [0.5, 0.6) is 0 Å². The molecule has 21 heavy (non-hydrogen) atoms. The average molecular weight is 333 g/mol. The van der Waals surface area contributed by atoms with Crippen molar-refractivity contribution in [2.45, 2.75) is 51.9 Å². The lowest BCUT2D eigenvalue weighted by atomic mass is 9.91. The van der Waals surface area contributed by atoms with E-state index in [-0.39, 0.29) is 8.69 Å². The fourth-order valence-corrected chi connectivity index (χ4v) is 2.88. The molecule has 0 saturated carbocycles. The largest absolute Gasteiger partial charge is 0.363 e. The van der Waals surface area contributed by atoms with Crippen LogP contribution in [-0.4, -0.2) is 25.0 Å². The molecule has 1 aromatic heterocycles. The predicted octanol–water partition coefficient (Wildman–Crippen LogP) is 4.79. The lowest BCUT2D eigenvalue weighted by Gasteiger charge is -2.15. The van der Waals surface area contributed by atoms with Crippen molar-refractivity contribution in [2.75, 3.05) is 19.9 Å². The maximum absolute atomic E-state index is 10.2. The number of aromatic nitrogens is 1. The number of aryl methyl sites for hydroxylation is 1. The van der Waals surface area contributed by atoms with Gasteiger partial charge in [-0.1, -0.05) is 11.6 Å². The van der Waals surface area contributed by atoms with Crippen molar-refractivity contribution in [3.05, 3.63) is 17.0 Å². The van der Waals surface area contributed by atoms with Crippen LogP contribution in [0.2, 0.25) is 0 Å². The van der Waals surface area contributed by atoms with Gasteiger partial charge in [0, 0.05) is 20.3 Å². The van der Waals surface area contributed by atoms with Crippen LogP contribution in [-0.2, 0) is 13.6 Å². The predicted molar refractivity (Wildman–Crippen MR) is 85.6 cm³/mol. The monoisotopic (exact) mass is 333 g/mol. The van der Waals surface area contributed by atoms with Crippen molar-refractivity contribution < 1.29 is 18.1 Å². The summed E-state index contributed by atoms with van der Waals surface area (Å²) in [4.78, 5) is 0. The van der Waals surface area contributed by atoms with Crippen LogP contribution in [0.15, 0.2) is 4.52 Å². The fraction of sp³-hybridized carbons (Fsp3) is 0.786. The molecule has 1 heterocycles. The summed E-state index contributed by atoms with van der Waals surface area (Å²) in [6, 6.07) is 0. The van der Waals surface area contributed by atoms with Gasteiger partial charge in [0.05, 0.1) is 18.9 Å². The Bertz CT molecular complexity index is 412. The molecular weight excluding hydrogens is 308 g/mol. The van der Waals surface area contributed by atoms with Crippen molar-refractivity contribution in [1.82, 2.24) is 5.16 Å². The molecule has 5 nitrogen and oxygen atoms in total.